The van der Waals surface area contributed by atoms with Crippen LogP contribution in [0.5, 0.6) is 0 Å². The van der Waals surface area contributed by atoms with E-state index in [1.165, 1.54) is 6.07 Å². The molecule has 1 aliphatic rings. The quantitative estimate of drug-likeness (QED) is 0.899. The van der Waals surface area contributed by atoms with Crippen molar-refractivity contribution in [3.8, 4) is 0 Å². The number of aliphatic hydroxyl groups is 1. The van der Waals surface area contributed by atoms with E-state index < -0.39 is 11.7 Å². The molecule has 3 nitrogen and oxygen atoms in total. The van der Waals surface area contributed by atoms with E-state index in [1.54, 1.807) is 6.07 Å². The van der Waals surface area contributed by atoms with Gasteiger partial charge in [0.2, 0.25) is 0 Å². The number of halogens is 3. The number of nitrogens with two attached hydrogens (primary N) is 1. The zero-order valence-corrected chi connectivity index (χ0v) is 11.9. The summed E-state index contributed by atoms with van der Waals surface area (Å²) in [5, 5.41) is 9.14. The third-order valence-corrected chi connectivity index (χ3v) is 4.04. The molecule has 1 aromatic rings. The van der Waals surface area contributed by atoms with Crippen LogP contribution in [0.25, 0.3) is 0 Å². The Kier molecular flexibility index (Phi) is 5.11. The van der Waals surface area contributed by atoms with E-state index in [4.69, 9.17) is 10.8 Å². The van der Waals surface area contributed by atoms with Crippen LogP contribution in [0.2, 0.25) is 0 Å². The molecule has 1 saturated heterocycles. The summed E-state index contributed by atoms with van der Waals surface area (Å²) in [6, 6.07) is 4.35. The fourth-order valence-electron chi connectivity index (χ4n) is 2.99. The maximum absolute atomic E-state index is 12.9. The number of benzene rings is 1. The number of anilines is 1. The van der Waals surface area contributed by atoms with Gasteiger partial charge in [-0.3, -0.25) is 0 Å². The van der Waals surface area contributed by atoms with Crippen molar-refractivity contribution >= 4 is 5.69 Å². The minimum absolute atomic E-state index is 0.0888. The van der Waals surface area contributed by atoms with Crippen molar-refractivity contribution in [1.29, 1.82) is 0 Å². The summed E-state index contributed by atoms with van der Waals surface area (Å²) in [6.45, 7) is 0.757. The molecule has 2 rings (SSSR count). The molecular weight excluding hydrogens is 281 g/mol. The van der Waals surface area contributed by atoms with Gasteiger partial charge in [-0.15, -0.1) is 0 Å². The summed E-state index contributed by atoms with van der Waals surface area (Å²) >= 11 is 0. The Bertz CT molecular complexity index is 474. The van der Waals surface area contributed by atoms with Crippen molar-refractivity contribution < 1.29 is 18.3 Å². The van der Waals surface area contributed by atoms with Gasteiger partial charge in [0.15, 0.2) is 0 Å². The monoisotopic (exact) mass is 302 g/mol. The molecule has 1 heterocycles. The first-order valence-electron chi connectivity index (χ1n) is 7.25. The van der Waals surface area contributed by atoms with Crippen LogP contribution in [0, 0.1) is 0 Å². The van der Waals surface area contributed by atoms with E-state index >= 15 is 0 Å². The second-order valence-electron chi connectivity index (χ2n) is 5.40. The summed E-state index contributed by atoms with van der Waals surface area (Å²) in [6.07, 6.45) is -0.676. The zero-order valence-electron chi connectivity index (χ0n) is 11.9. The summed E-state index contributed by atoms with van der Waals surface area (Å²) in [5.41, 5.74) is 5.70. The molecule has 118 valence electrons. The van der Waals surface area contributed by atoms with Crippen molar-refractivity contribution in [2.45, 2.75) is 44.4 Å². The van der Waals surface area contributed by atoms with Crippen molar-refractivity contribution in [2.75, 3.05) is 18.1 Å². The third kappa shape index (κ3) is 3.68. The van der Waals surface area contributed by atoms with Crippen molar-refractivity contribution in [3.05, 3.63) is 29.3 Å². The molecular formula is C15H21F3N2O. The van der Waals surface area contributed by atoms with Crippen LogP contribution in [-0.2, 0) is 12.7 Å². The Balaban J connectivity index is 2.31. The largest absolute Gasteiger partial charge is 0.416 e. The van der Waals surface area contributed by atoms with Crippen LogP contribution < -0.4 is 10.6 Å². The van der Waals surface area contributed by atoms with Crippen LogP contribution >= 0.6 is 0 Å². The Labute approximate surface area is 122 Å². The van der Waals surface area contributed by atoms with Crippen LogP contribution in [0.1, 0.15) is 36.8 Å². The molecule has 1 unspecified atom stereocenters. The van der Waals surface area contributed by atoms with Crippen LogP contribution in [-0.4, -0.2) is 24.3 Å². The maximum Gasteiger partial charge on any atom is 0.416 e. The predicted molar refractivity (Wildman–Crippen MR) is 76.0 cm³/mol. The molecule has 1 fully saturated rings. The average Bonchev–Trinajstić information content (AvgIpc) is 2.46. The Morgan fingerprint density at radius 1 is 1.29 bits per heavy atom. The van der Waals surface area contributed by atoms with Crippen LogP contribution in [0.15, 0.2) is 18.2 Å². The molecule has 3 N–H and O–H groups in total. The Morgan fingerprint density at radius 2 is 2.05 bits per heavy atom. The second-order valence-corrected chi connectivity index (χ2v) is 5.40. The number of piperidine rings is 1. The smallest absolute Gasteiger partial charge is 0.396 e. The van der Waals surface area contributed by atoms with Crippen molar-refractivity contribution in [3.63, 3.8) is 0 Å². The number of aliphatic hydroxyl groups excluding tert-OH is 1. The zero-order chi connectivity index (χ0) is 15.5. The van der Waals surface area contributed by atoms with E-state index in [0.29, 0.717) is 6.42 Å². The molecule has 1 aromatic carbocycles. The lowest BCUT2D eigenvalue weighted by Crippen LogP contribution is -2.40. The number of alkyl halides is 3. The number of rotatable bonds is 4. The van der Waals surface area contributed by atoms with Crippen molar-refractivity contribution in [1.82, 2.24) is 0 Å². The summed E-state index contributed by atoms with van der Waals surface area (Å²) < 4.78 is 38.7. The maximum atomic E-state index is 12.9. The lowest BCUT2D eigenvalue weighted by Gasteiger charge is -2.38. The molecule has 0 aromatic heterocycles. The van der Waals surface area contributed by atoms with E-state index in [-0.39, 0.29) is 24.8 Å². The van der Waals surface area contributed by atoms with Gasteiger partial charge in [0, 0.05) is 31.4 Å². The van der Waals surface area contributed by atoms with Gasteiger partial charge >= 0.3 is 6.18 Å². The van der Waals surface area contributed by atoms with Crippen LogP contribution in [0.4, 0.5) is 18.9 Å². The van der Waals surface area contributed by atoms with Gasteiger partial charge in [0.25, 0.3) is 0 Å². The van der Waals surface area contributed by atoms with E-state index in [1.807, 2.05) is 0 Å². The highest BCUT2D eigenvalue weighted by Crippen LogP contribution is 2.35. The highest BCUT2D eigenvalue weighted by atomic mass is 19.4. The van der Waals surface area contributed by atoms with Gasteiger partial charge in [0.1, 0.15) is 0 Å². The summed E-state index contributed by atoms with van der Waals surface area (Å²) in [4.78, 5) is 2.10. The molecule has 0 spiro atoms. The molecule has 1 atom stereocenters. The summed E-state index contributed by atoms with van der Waals surface area (Å²) in [5.74, 6) is 0. The fourth-order valence-corrected chi connectivity index (χ4v) is 2.99. The van der Waals surface area contributed by atoms with Gasteiger partial charge < -0.3 is 15.7 Å². The van der Waals surface area contributed by atoms with Crippen LogP contribution in [0.3, 0.4) is 0 Å². The van der Waals surface area contributed by atoms with Gasteiger partial charge in [-0.25, -0.2) is 0 Å². The lowest BCUT2D eigenvalue weighted by atomic mass is 9.97. The van der Waals surface area contributed by atoms with E-state index in [2.05, 4.69) is 4.90 Å². The SMILES string of the molecule is NCc1cc(N2CCCCC2CCO)ccc1C(F)(F)F. The lowest BCUT2D eigenvalue weighted by molar-refractivity contribution is -0.138. The van der Waals surface area contributed by atoms with Gasteiger partial charge in [-0.05, 0) is 49.4 Å². The van der Waals surface area contributed by atoms with E-state index in [0.717, 1.165) is 37.6 Å². The number of hydrogen-bond acceptors (Lipinski definition) is 3. The first kappa shape index (κ1) is 16.1. The molecule has 21 heavy (non-hydrogen) atoms. The molecule has 0 aliphatic carbocycles. The molecule has 0 amide bonds. The number of hydrogen-bond donors (Lipinski definition) is 2. The minimum atomic E-state index is -4.38. The van der Waals surface area contributed by atoms with Gasteiger partial charge in [-0.1, -0.05) is 0 Å². The first-order valence-corrected chi connectivity index (χ1v) is 7.25. The Morgan fingerprint density at radius 3 is 2.67 bits per heavy atom. The molecule has 0 bridgehead atoms. The molecule has 1 aliphatic heterocycles. The summed E-state index contributed by atoms with van der Waals surface area (Å²) in [7, 11) is 0. The minimum Gasteiger partial charge on any atom is -0.396 e. The average molecular weight is 302 g/mol. The normalized spacial score (nSPS) is 19.9. The second kappa shape index (κ2) is 6.66. The van der Waals surface area contributed by atoms with Gasteiger partial charge in [-0.2, -0.15) is 13.2 Å². The Hall–Kier alpha value is -1.27. The standard InChI is InChI=1S/C15H21F3N2O/c16-15(17,18)14-5-4-13(9-11(14)10-19)20-7-2-1-3-12(20)6-8-21/h4-5,9,12,21H,1-3,6-8,10,19H2. The van der Waals surface area contributed by atoms with Crippen molar-refractivity contribution in [2.24, 2.45) is 5.73 Å². The highest BCUT2D eigenvalue weighted by molar-refractivity contribution is 5.53. The highest BCUT2D eigenvalue weighted by Gasteiger charge is 2.33. The fraction of sp³-hybridized carbons (Fsp3) is 0.600. The van der Waals surface area contributed by atoms with Gasteiger partial charge in [0.05, 0.1) is 5.56 Å². The predicted octanol–water partition coefficient (Wildman–Crippen LogP) is 2.91. The number of nitrogens with zero attached hydrogens (tertiary/aromatic N) is 1. The topological polar surface area (TPSA) is 49.5 Å². The third-order valence-electron chi connectivity index (χ3n) is 4.04. The van der Waals surface area contributed by atoms with E-state index in [9.17, 15) is 13.2 Å². The molecule has 0 saturated carbocycles. The molecule has 6 heteroatoms. The molecule has 0 radical (unpaired) electrons. The first-order chi connectivity index (χ1) is 9.97.